The fraction of sp³-hybridized carbons (Fsp3) is 0.350. The summed E-state index contributed by atoms with van der Waals surface area (Å²) in [5.41, 5.74) is 3.57. The zero-order valence-electron chi connectivity index (χ0n) is 14.5. The lowest BCUT2D eigenvalue weighted by molar-refractivity contribution is 0.0993. The minimum atomic E-state index is -3.12. The van der Waals surface area contributed by atoms with Gasteiger partial charge in [0.15, 0.2) is 15.6 Å². The van der Waals surface area contributed by atoms with Crippen LogP contribution in [0.4, 0.5) is 0 Å². The predicted octanol–water partition coefficient (Wildman–Crippen LogP) is 4.00. The van der Waals surface area contributed by atoms with Crippen LogP contribution in [0.15, 0.2) is 48.5 Å². The van der Waals surface area contributed by atoms with Crippen molar-refractivity contribution in [1.29, 1.82) is 0 Å². The fourth-order valence-electron chi connectivity index (χ4n) is 2.37. The average molecular weight is 344 g/mol. The monoisotopic (exact) mass is 344 g/mol. The first kappa shape index (κ1) is 18.4. The van der Waals surface area contributed by atoms with Gasteiger partial charge in [0.05, 0.1) is 11.0 Å². The number of sulfone groups is 1. The van der Waals surface area contributed by atoms with Crippen LogP contribution < -0.4 is 0 Å². The lowest BCUT2D eigenvalue weighted by Gasteiger charge is -2.08. The molecule has 4 heteroatoms. The highest BCUT2D eigenvalue weighted by Crippen LogP contribution is 2.14. The number of aryl methyl sites for hydroxylation is 1. The van der Waals surface area contributed by atoms with Gasteiger partial charge in [-0.1, -0.05) is 55.5 Å². The van der Waals surface area contributed by atoms with Gasteiger partial charge in [-0.2, -0.15) is 0 Å². The summed E-state index contributed by atoms with van der Waals surface area (Å²) in [6.07, 6.45) is 1.34. The maximum Gasteiger partial charge on any atom is 0.167 e. The van der Waals surface area contributed by atoms with Crippen LogP contribution in [-0.4, -0.2) is 19.5 Å². The van der Waals surface area contributed by atoms with Gasteiger partial charge < -0.3 is 0 Å². The van der Waals surface area contributed by atoms with Crippen molar-refractivity contribution in [2.24, 2.45) is 0 Å². The summed E-state index contributed by atoms with van der Waals surface area (Å²) >= 11 is 0. The van der Waals surface area contributed by atoms with E-state index in [-0.39, 0.29) is 11.5 Å². The Labute approximate surface area is 144 Å². The Bertz CT molecular complexity index is 786. The number of benzene rings is 2. The van der Waals surface area contributed by atoms with E-state index in [1.165, 1.54) is 5.56 Å². The summed E-state index contributed by atoms with van der Waals surface area (Å²) < 4.78 is 23.9. The largest absolute Gasteiger partial charge is 0.294 e. The molecule has 2 aromatic carbocycles. The van der Waals surface area contributed by atoms with E-state index in [4.69, 9.17) is 0 Å². The lowest BCUT2D eigenvalue weighted by Crippen LogP contribution is -2.16. The molecule has 128 valence electrons. The molecule has 0 radical (unpaired) electrons. The Morgan fingerprint density at radius 2 is 1.38 bits per heavy atom. The molecule has 2 rings (SSSR count). The Morgan fingerprint density at radius 3 is 1.88 bits per heavy atom. The van der Waals surface area contributed by atoms with Crippen molar-refractivity contribution in [2.45, 2.75) is 44.6 Å². The van der Waals surface area contributed by atoms with Crippen LogP contribution in [0.1, 0.15) is 47.8 Å². The zero-order valence-corrected chi connectivity index (χ0v) is 15.3. The summed E-state index contributed by atoms with van der Waals surface area (Å²) in [6, 6.07) is 15.0. The van der Waals surface area contributed by atoms with Crippen molar-refractivity contribution >= 4 is 15.6 Å². The molecule has 0 N–H and O–H groups in total. The quantitative estimate of drug-likeness (QED) is 0.714. The standard InChI is InChI=1S/C20H24O3S/c1-4-16-5-7-17(8-6-16)13-20(21)19-11-9-18(10-12-19)14-24(22,23)15(2)3/h5-12,15H,4,13-14H2,1-3H3. The molecule has 3 nitrogen and oxygen atoms in total. The van der Waals surface area contributed by atoms with Gasteiger partial charge in [-0.05, 0) is 37.0 Å². The third-order valence-electron chi connectivity index (χ3n) is 4.16. The van der Waals surface area contributed by atoms with E-state index >= 15 is 0 Å². The van der Waals surface area contributed by atoms with Gasteiger partial charge in [0.1, 0.15) is 0 Å². The Kier molecular flexibility index (Phi) is 5.94. The highest BCUT2D eigenvalue weighted by Gasteiger charge is 2.17. The molecule has 0 heterocycles. The van der Waals surface area contributed by atoms with E-state index in [0.717, 1.165) is 12.0 Å². The number of ketones is 1. The average Bonchev–Trinajstić information content (AvgIpc) is 2.55. The smallest absolute Gasteiger partial charge is 0.167 e. The topological polar surface area (TPSA) is 51.2 Å². The van der Waals surface area contributed by atoms with Crippen LogP contribution in [0.5, 0.6) is 0 Å². The first-order chi connectivity index (χ1) is 11.3. The summed E-state index contributed by atoms with van der Waals surface area (Å²) in [7, 11) is -3.12. The van der Waals surface area contributed by atoms with Gasteiger partial charge >= 0.3 is 0 Å². The second-order valence-electron chi connectivity index (χ2n) is 6.32. The van der Waals surface area contributed by atoms with E-state index in [9.17, 15) is 13.2 Å². The van der Waals surface area contributed by atoms with Gasteiger partial charge in [-0.3, -0.25) is 4.79 Å². The molecule has 0 aromatic heterocycles. The summed E-state index contributed by atoms with van der Waals surface area (Å²) in [4.78, 5) is 12.4. The number of carbonyl (C=O) groups excluding carboxylic acids is 1. The molecule has 0 aliphatic carbocycles. The molecule has 0 aliphatic heterocycles. The normalized spacial score (nSPS) is 11.7. The van der Waals surface area contributed by atoms with E-state index in [2.05, 4.69) is 6.92 Å². The molecule has 0 unspecified atom stereocenters. The van der Waals surface area contributed by atoms with Gasteiger partial charge in [-0.15, -0.1) is 0 Å². The fourth-order valence-corrected chi connectivity index (χ4v) is 3.36. The van der Waals surface area contributed by atoms with Crippen molar-refractivity contribution in [3.05, 3.63) is 70.8 Å². The minimum absolute atomic E-state index is 0.0115. The maximum atomic E-state index is 12.4. The zero-order chi connectivity index (χ0) is 17.7. The molecule has 0 atom stereocenters. The highest BCUT2D eigenvalue weighted by atomic mass is 32.2. The van der Waals surface area contributed by atoms with Gasteiger partial charge in [0.2, 0.25) is 0 Å². The van der Waals surface area contributed by atoms with Crippen LogP contribution >= 0.6 is 0 Å². The van der Waals surface area contributed by atoms with Gasteiger partial charge in [0.25, 0.3) is 0 Å². The lowest BCUT2D eigenvalue weighted by atomic mass is 10.0. The molecular formula is C20H24O3S. The molecule has 0 saturated carbocycles. The highest BCUT2D eigenvalue weighted by molar-refractivity contribution is 7.91. The number of carbonyl (C=O) groups is 1. The second-order valence-corrected chi connectivity index (χ2v) is 8.88. The van der Waals surface area contributed by atoms with Crippen LogP contribution in [0, 0.1) is 0 Å². The van der Waals surface area contributed by atoms with Crippen molar-refractivity contribution in [3.63, 3.8) is 0 Å². The molecule has 24 heavy (non-hydrogen) atoms. The van der Waals surface area contributed by atoms with Crippen LogP contribution in [-0.2, 0) is 28.4 Å². The molecule has 0 amide bonds. The molecule has 0 spiro atoms. The molecular weight excluding hydrogens is 320 g/mol. The third-order valence-corrected chi connectivity index (χ3v) is 6.33. The van der Waals surface area contributed by atoms with Crippen molar-refractivity contribution in [1.82, 2.24) is 0 Å². The van der Waals surface area contributed by atoms with E-state index in [1.807, 2.05) is 24.3 Å². The third kappa shape index (κ3) is 4.78. The number of Topliss-reactive ketones (excluding diaryl/α,β-unsaturated/α-hetero) is 1. The minimum Gasteiger partial charge on any atom is -0.294 e. The second kappa shape index (κ2) is 7.75. The van der Waals surface area contributed by atoms with Gasteiger partial charge in [0, 0.05) is 12.0 Å². The summed E-state index contributed by atoms with van der Waals surface area (Å²) in [5, 5.41) is -0.398. The maximum absolute atomic E-state index is 12.4. The van der Waals surface area contributed by atoms with Crippen LogP contribution in [0.3, 0.4) is 0 Å². The summed E-state index contributed by atoms with van der Waals surface area (Å²) in [6.45, 7) is 5.45. The van der Waals surface area contributed by atoms with Gasteiger partial charge in [-0.25, -0.2) is 8.42 Å². The van der Waals surface area contributed by atoms with Crippen molar-refractivity contribution < 1.29 is 13.2 Å². The number of hydrogen-bond donors (Lipinski definition) is 0. The Hall–Kier alpha value is -1.94. The van der Waals surface area contributed by atoms with E-state index in [0.29, 0.717) is 17.5 Å². The first-order valence-corrected chi connectivity index (χ1v) is 9.95. The molecule has 0 aliphatic rings. The SMILES string of the molecule is CCc1ccc(CC(=O)c2ccc(CS(=O)(=O)C(C)C)cc2)cc1. The molecule has 0 fully saturated rings. The number of hydrogen-bond acceptors (Lipinski definition) is 3. The Morgan fingerprint density at radius 1 is 0.875 bits per heavy atom. The molecule has 0 saturated heterocycles. The summed E-state index contributed by atoms with van der Waals surface area (Å²) in [5.74, 6) is 0.0509. The van der Waals surface area contributed by atoms with E-state index < -0.39 is 15.1 Å². The number of rotatable bonds is 7. The van der Waals surface area contributed by atoms with Crippen molar-refractivity contribution in [2.75, 3.05) is 0 Å². The van der Waals surface area contributed by atoms with E-state index in [1.54, 1.807) is 38.1 Å². The Balaban J connectivity index is 2.05. The first-order valence-electron chi connectivity index (χ1n) is 8.23. The molecule has 2 aromatic rings. The van der Waals surface area contributed by atoms with Crippen LogP contribution in [0.2, 0.25) is 0 Å². The predicted molar refractivity (Wildman–Crippen MR) is 98.1 cm³/mol. The van der Waals surface area contributed by atoms with Crippen molar-refractivity contribution in [3.8, 4) is 0 Å². The van der Waals surface area contributed by atoms with Crippen LogP contribution in [0.25, 0.3) is 0 Å². The molecule has 0 bridgehead atoms.